The van der Waals surface area contributed by atoms with Crippen molar-refractivity contribution in [2.45, 2.75) is 73.3 Å². The lowest BCUT2D eigenvalue weighted by molar-refractivity contribution is -0.166. The Bertz CT molecular complexity index is 874. The lowest BCUT2D eigenvalue weighted by Crippen LogP contribution is -2.53. The van der Waals surface area contributed by atoms with Gasteiger partial charge >= 0.3 is 11.9 Å². The average molecular weight is 415 g/mol. The van der Waals surface area contributed by atoms with Gasteiger partial charge < -0.3 is 13.9 Å². The summed E-state index contributed by atoms with van der Waals surface area (Å²) < 4.78 is 17.5. The third kappa shape index (κ3) is 4.12. The number of carbonyl (C=O) groups excluding carboxylic acids is 2. The second kappa shape index (κ2) is 8.83. The van der Waals surface area contributed by atoms with Crippen LogP contribution in [0, 0.1) is 24.2 Å². The molecule has 1 heterocycles. The summed E-state index contributed by atoms with van der Waals surface area (Å²) in [4.78, 5) is 24.9. The Morgan fingerprint density at radius 3 is 2.50 bits per heavy atom. The molecule has 0 aliphatic heterocycles. The van der Waals surface area contributed by atoms with Gasteiger partial charge in [-0.25, -0.2) is 9.59 Å². The normalized spacial score (nSPS) is 29.1. The van der Waals surface area contributed by atoms with Crippen molar-refractivity contribution in [1.29, 1.82) is 0 Å². The van der Waals surface area contributed by atoms with Crippen LogP contribution in [0.1, 0.15) is 64.3 Å². The van der Waals surface area contributed by atoms with Crippen molar-refractivity contribution in [2.24, 2.45) is 17.3 Å². The standard InChI is InChI=1S/C25H34O5/c1-7-15(3)23(26)29-14-20-21(30-24(27)16(4)8-2)10-9-18-11-22-19(12-25(18,20)6)17(5)13-28-22/h7-8,13,18,20-21H,9-12,14H2,1-6H3. The minimum atomic E-state index is -0.311. The van der Waals surface area contributed by atoms with Crippen molar-refractivity contribution < 1.29 is 23.5 Å². The van der Waals surface area contributed by atoms with Crippen LogP contribution in [-0.2, 0) is 31.9 Å². The minimum absolute atomic E-state index is 0.0686. The molecule has 3 rings (SSSR count). The van der Waals surface area contributed by atoms with E-state index in [4.69, 9.17) is 13.9 Å². The molecule has 0 bridgehead atoms. The number of furan rings is 1. The van der Waals surface area contributed by atoms with E-state index >= 15 is 0 Å². The third-order valence-corrected chi connectivity index (χ3v) is 7.37. The molecule has 1 aromatic heterocycles. The van der Waals surface area contributed by atoms with Crippen LogP contribution in [0.3, 0.4) is 0 Å². The SMILES string of the molecule is CC=C(C)C(=O)OCC1C(OC(=O)C(C)=CC)CCC2Cc3occ(C)c3CC21C. The molecule has 164 valence electrons. The van der Waals surface area contributed by atoms with E-state index in [0.717, 1.165) is 37.0 Å². The fraction of sp³-hybridized carbons (Fsp3) is 0.600. The lowest BCUT2D eigenvalue weighted by Gasteiger charge is -2.52. The van der Waals surface area contributed by atoms with Crippen LogP contribution in [-0.4, -0.2) is 24.6 Å². The zero-order valence-electron chi connectivity index (χ0n) is 19.0. The number of hydrogen-bond donors (Lipinski definition) is 0. The number of esters is 2. The van der Waals surface area contributed by atoms with Gasteiger partial charge in [0.1, 0.15) is 11.9 Å². The molecule has 1 aromatic rings. The molecule has 0 amide bonds. The Morgan fingerprint density at radius 2 is 1.83 bits per heavy atom. The number of carbonyl (C=O) groups is 2. The van der Waals surface area contributed by atoms with Gasteiger partial charge in [0.15, 0.2) is 0 Å². The van der Waals surface area contributed by atoms with E-state index in [-0.39, 0.29) is 36.0 Å². The first-order valence-corrected chi connectivity index (χ1v) is 10.9. The van der Waals surface area contributed by atoms with Crippen LogP contribution in [0.25, 0.3) is 0 Å². The van der Waals surface area contributed by atoms with Crippen molar-refractivity contribution in [3.63, 3.8) is 0 Å². The number of hydrogen-bond acceptors (Lipinski definition) is 5. The Kier molecular flexibility index (Phi) is 6.59. The highest BCUT2D eigenvalue weighted by Crippen LogP contribution is 2.53. The van der Waals surface area contributed by atoms with Gasteiger partial charge in [-0.15, -0.1) is 0 Å². The van der Waals surface area contributed by atoms with Gasteiger partial charge in [-0.05, 0) is 76.3 Å². The number of fused-ring (bicyclic) bond motifs is 2. The fourth-order valence-electron chi connectivity index (χ4n) is 4.95. The highest BCUT2D eigenvalue weighted by Gasteiger charge is 2.53. The van der Waals surface area contributed by atoms with Gasteiger partial charge in [0.2, 0.25) is 0 Å². The summed E-state index contributed by atoms with van der Waals surface area (Å²) in [5, 5.41) is 0. The maximum Gasteiger partial charge on any atom is 0.333 e. The van der Waals surface area contributed by atoms with Gasteiger partial charge in [0.05, 0.1) is 12.9 Å². The summed E-state index contributed by atoms with van der Waals surface area (Å²) >= 11 is 0. The van der Waals surface area contributed by atoms with E-state index in [1.165, 1.54) is 5.56 Å². The number of rotatable bonds is 5. The molecule has 30 heavy (non-hydrogen) atoms. The molecule has 5 nitrogen and oxygen atoms in total. The quantitative estimate of drug-likeness (QED) is 0.495. The van der Waals surface area contributed by atoms with E-state index in [9.17, 15) is 9.59 Å². The molecule has 1 fully saturated rings. The van der Waals surface area contributed by atoms with Crippen LogP contribution in [0.4, 0.5) is 0 Å². The van der Waals surface area contributed by atoms with Crippen molar-refractivity contribution >= 4 is 11.9 Å². The highest BCUT2D eigenvalue weighted by atomic mass is 16.6. The van der Waals surface area contributed by atoms with Crippen LogP contribution in [0.5, 0.6) is 0 Å². The maximum atomic E-state index is 12.5. The molecule has 1 saturated carbocycles. The Hall–Kier alpha value is -2.30. The molecular formula is C25H34O5. The van der Waals surface area contributed by atoms with Crippen LogP contribution >= 0.6 is 0 Å². The molecule has 4 atom stereocenters. The molecule has 0 saturated heterocycles. The largest absolute Gasteiger partial charge is 0.469 e. The summed E-state index contributed by atoms with van der Waals surface area (Å²) in [6.07, 6.45) is 8.53. The van der Waals surface area contributed by atoms with Crippen LogP contribution < -0.4 is 0 Å². The molecule has 5 heteroatoms. The molecule has 2 aliphatic rings. The van der Waals surface area contributed by atoms with Crippen molar-refractivity contribution in [2.75, 3.05) is 6.61 Å². The first-order chi connectivity index (χ1) is 14.2. The Morgan fingerprint density at radius 1 is 1.17 bits per heavy atom. The van der Waals surface area contributed by atoms with Crippen molar-refractivity contribution in [3.05, 3.63) is 46.4 Å². The van der Waals surface area contributed by atoms with Crippen LogP contribution in [0.2, 0.25) is 0 Å². The third-order valence-electron chi connectivity index (χ3n) is 7.37. The average Bonchev–Trinajstić information content (AvgIpc) is 3.08. The maximum absolute atomic E-state index is 12.5. The molecule has 0 spiro atoms. The Balaban J connectivity index is 1.90. The lowest BCUT2D eigenvalue weighted by atomic mass is 9.54. The summed E-state index contributed by atoms with van der Waals surface area (Å²) in [5.74, 6) is 0.812. The first kappa shape index (κ1) is 22.4. The number of aryl methyl sites for hydroxylation is 1. The molecule has 0 aromatic carbocycles. The summed E-state index contributed by atoms with van der Waals surface area (Å²) in [5.41, 5.74) is 3.46. The monoisotopic (exact) mass is 414 g/mol. The topological polar surface area (TPSA) is 65.7 Å². The molecule has 0 radical (unpaired) electrons. The smallest absolute Gasteiger partial charge is 0.333 e. The molecule has 4 unspecified atom stereocenters. The Labute approximate surface area is 179 Å². The zero-order chi connectivity index (χ0) is 22.1. The fourth-order valence-corrected chi connectivity index (χ4v) is 4.95. The van der Waals surface area contributed by atoms with E-state index in [1.807, 2.05) is 20.1 Å². The molecule has 2 aliphatic carbocycles. The van der Waals surface area contributed by atoms with Gasteiger partial charge in [-0.2, -0.15) is 0 Å². The van der Waals surface area contributed by atoms with E-state index in [1.54, 1.807) is 26.0 Å². The van der Waals surface area contributed by atoms with Gasteiger partial charge in [0, 0.05) is 23.5 Å². The van der Waals surface area contributed by atoms with E-state index < -0.39 is 0 Å². The molecular weight excluding hydrogens is 380 g/mol. The summed E-state index contributed by atoms with van der Waals surface area (Å²) in [7, 11) is 0. The predicted molar refractivity (Wildman–Crippen MR) is 115 cm³/mol. The summed E-state index contributed by atoms with van der Waals surface area (Å²) in [6, 6.07) is 0. The summed E-state index contributed by atoms with van der Waals surface area (Å²) in [6.45, 7) is 11.8. The minimum Gasteiger partial charge on any atom is -0.469 e. The first-order valence-electron chi connectivity index (χ1n) is 10.9. The second-order valence-electron chi connectivity index (χ2n) is 9.07. The predicted octanol–water partition coefficient (Wildman–Crippen LogP) is 5.11. The highest BCUT2D eigenvalue weighted by molar-refractivity contribution is 5.88. The number of ether oxygens (including phenoxy) is 2. The van der Waals surface area contributed by atoms with E-state index in [0.29, 0.717) is 17.1 Å². The van der Waals surface area contributed by atoms with Gasteiger partial charge in [-0.1, -0.05) is 19.1 Å². The molecule has 0 N–H and O–H groups in total. The second-order valence-corrected chi connectivity index (χ2v) is 9.07. The van der Waals surface area contributed by atoms with Crippen LogP contribution in [0.15, 0.2) is 34.0 Å². The zero-order valence-corrected chi connectivity index (χ0v) is 19.0. The van der Waals surface area contributed by atoms with E-state index in [2.05, 4.69) is 13.8 Å². The number of allylic oxidation sites excluding steroid dienone is 2. The van der Waals surface area contributed by atoms with Crippen molar-refractivity contribution in [3.8, 4) is 0 Å². The van der Waals surface area contributed by atoms with Gasteiger partial charge in [0.25, 0.3) is 0 Å². The van der Waals surface area contributed by atoms with Gasteiger partial charge in [-0.3, -0.25) is 0 Å². The van der Waals surface area contributed by atoms with Crippen molar-refractivity contribution in [1.82, 2.24) is 0 Å².